The van der Waals surface area contributed by atoms with E-state index < -0.39 is 43.9 Å². The molecule has 44 heavy (non-hydrogen) atoms. The van der Waals surface area contributed by atoms with Crippen molar-refractivity contribution in [2.75, 3.05) is 0 Å². The predicted molar refractivity (Wildman–Crippen MR) is 188 cm³/mol. The molecular weight excluding hydrogens is 587 g/mol. The fraction of sp³-hybridized carbons (Fsp3) is 0.694. The van der Waals surface area contributed by atoms with Gasteiger partial charge in [-0.3, -0.25) is 9.59 Å². The van der Waals surface area contributed by atoms with E-state index in [1.54, 1.807) is 24.3 Å². The number of carbonyl (C=O) groups is 2. The fourth-order valence-corrected chi connectivity index (χ4v) is 7.03. The van der Waals surface area contributed by atoms with Crippen molar-refractivity contribution < 1.29 is 23.9 Å². The van der Waals surface area contributed by atoms with E-state index in [4.69, 9.17) is 9.16 Å². The average molecular weight is 648 g/mol. The minimum absolute atomic E-state index is 0.0740. The lowest BCUT2D eigenvalue weighted by Crippen LogP contribution is -2.53. The second-order valence-corrected chi connectivity index (χ2v) is 20.8. The first kappa shape index (κ1) is 40.2. The summed E-state index contributed by atoms with van der Waals surface area (Å²) in [6, 6.07) is 0. The average Bonchev–Trinajstić information content (AvgIpc) is 3.32. The topological polar surface area (TPSA) is 85.7 Å². The first-order chi connectivity index (χ1) is 20.0. The minimum atomic E-state index is -2.40. The molecule has 0 aliphatic heterocycles. The van der Waals surface area contributed by atoms with Crippen LogP contribution in [-0.4, -0.2) is 48.5 Å². The standard InChI is InChI=1S/C36H61NO5SSi/c1-16-17-30(25(5)20-29-22-43-28(8)37-29)41-32(38)21-31(42-44(14,15)35(9,10)11)36(12,13)34(40)27(7)33(39)26(6)24(4)19-18-23(2)3/h16,20,22,24,26-27,30-31,33,39H,1-2,17-19,21H2,3-15H3/b25-20+/t24-,26-,27+,30-,31-,33-/m0/s1. The zero-order chi connectivity index (χ0) is 34.2. The number of carbonyl (C=O) groups excluding carboxylic acids is 2. The van der Waals surface area contributed by atoms with Crippen LogP contribution in [0.4, 0.5) is 0 Å². The van der Waals surface area contributed by atoms with Crippen LogP contribution in [0.15, 0.2) is 35.8 Å². The SMILES string of the molecule is C=CC[C@H](OC(=O)C[C@H](O[Si](C)(C)C(C)(C)C)C(C)(C)C(=O)[C@H](C)[C@@H](O)[C@@H](C)[C@@H](C)CCC(=C)C)/C(C)=C/c1csc(C)n1. The summed E-state index contributed by atoms with van der Waals surface area (Å²) in [6.45, 7) is 34.0. The number of esters is 1. The van der Waals surface area contributed by atoms with Gasteiger partial charge in [-0.2, -0.15) is 0 Å². The van der Waals surface area contributed by atoms with Gasteiger partial charge in [0.1, 0.15) is 11.9 Å². The normalized spacial score (nSPS) is 17.3. The highest BCUT2D eigenvalue weighted by Gasteiger charge is 2.48. The number of hydrogen-bond acceptors (Lipinski definition) is 7. The van der Waals surface area contributed by atoms with Crippen molar-refractivity contribution in [2.24, 2.45) is 23.2 Å². The molecule has 0 amide bonds. The van der Waals surface area contributed by atoms with Crippen LogP contribution >= 0.6 is 11.3 Å². The minimum Gasteiger partial charge on any atom is -0.457 e. The second kappa shape index (κ2) is 16.6. The van der Waals surface area contributed by atoms with Crippen LogP contribution in [0.2, 0.25) is 18.1 Å². The molecule has 6 atom stereocenters. The molecule has 0 radical (unpaired) electrons. The maximum Gasteiger partial charge on any atom is 0.309 e. The molecule has 0 spiro atoms. The highest BCUT2D eigenvalue weighted by Crippen LogP contribution is 2.42. The Morgan fingerprint density at radius 3 is 2.20 bits per heavy atom. The molecule has 1 aromatic heterocycles. The molecular formula is C36H61NO5SSi. The number of aliphatic hydroxyl groups is 1. The van der Waals surface area contributed by atoms with E-state index in [-0.39, 0.29) is 29.1 Å². The number of allylic oxidation sites excluding steroid dienone is 1. The lowest BCUT2D eigenvalue weighted by Gasteiger charge is -2.44. The van der Waals surface area contributed by atoms with E-state index in [1.807, 2.05) is 53.0 Å². The number of ketones is 1. The predicted octanol–water partition coefficient (Wildman–Crippen LogP) is 9.34. The maximum absolute atomic E-state index is 14.2. The molecule has 0 bridgehead atoms. The molecule has 0 saturated heterocycles. The number of rotatable bonds is 18. The van der Waals surface area contributed by atoms with Gasteiger partial charge in [0.05, 0.1) is 29.3 Å². The Morgan fingerprint density at radius 2 is 1.73 bits per heavy atom. The zero-order valence-corrected chi connectivity index (χ0v) is 31.7. The molecule has 0 unspecified atom stereocenters. The Bertz CT molecular complexity index is 1160. The molecule has 1 N–H and O–H groups in total. The highest BCUT2D eigenvalue weighted by atomic mass is 32.1. The summed E-state index contributed by atoms with van der Waals surface area (Å²) >= 11 is 1.57. The van der Waals surface area contributed by atoms with Crippen LogP contribution in [0.3, 0.4) is 0 Å². The van der Waals surface area contributed by atoms with E-state index in [0.29, 0.717) is 6.42 Å². The van der Waals surface area contributed by atoms with Gasteiger partial charge in [0.2, 0.25) is 0 Å². The summed E-state index contributed by atoms with van der Waals surface area (Å²) in [4.78, 5) is 32.3. The van der Waals surface area contributed by atoms with Gasteiger partial charge in [0.15, 0.2) is 8.32 Å². The Kier molecular flexibility index (Phi) is 15.2. The number of aromatic nitrogens is 1. The van der Waals surface area contributed by atoms with Crippen molar-refractivity contribution in [3.63, 3.8) is 0 Å². The Hall–Kier alpha value is -1.87. The summed E-state index contributed by atoms with van der Waals surface area (Å²) in [5.74, 6) is -1.03. The molecule has 0 aromatic carbocycles. The van der Waals surface area contributed by atoms with E-state index in [0.717, 1.165) is 34.7 Å². The van der Waals surface area contributed by atoms with Gasteiger partial charge in [-0.1, -0.05) is 67.0 Å². The molecule has 8 heteroatoms. The van der Waals surface area contributed by atoms with Gasteiger partial charge in [0, 0.05) is 23.1 Å². The Balaban J connectivity index is 3.31. The van der Waals surface area contributed by atoms with Crippen LogP contribution in [0.25, 0.3) is 6.08 Å². The maximum atomic E-state index is 14.2. The van der Waals surface area contributed by atoms with Gasteiger partial charge < -0.3 is 14.3 Å². The quantitative estimate of drug-likeness (QED) is 0.0971. The van der Waals surface area contributed by atoms with Crippen LogP contribution in [-0.2, 0) is 18.8 Å². The van der Waals surface area contributed by atoms with E-state index in [9.17, 15) is 14.7 Å². The van der Waals surface area contributed by atoms with Gasteiger partial charge in [-0.15, -0.1) is 24.5 Å². The molecule has 1 heterocycles. The fourth-order valence-electron chi connectivity index (χ4n) is 5.02. The monoisotopic (exact) mass is 647 g/mol. The summed E-state index contributed by atoms with van der Waals surface area (Å²) in [6.07, 6.45) is 3.81. The van der Waals surface area contributed by atoms with E-state index in [2.05, 4.69) is 58.9 Å². The van der Waals surface area contributed by atoms with E-state index in [1.165, 1.54) is 0 Å². The van der Waals surface area contributed by atoms with Crippen molar-refractivity contribution in [1.82, 2.24) is 4.98 Å². The molecule has 1 aromatic rings. The third-order valence-corrected chi connectivity index (χ3v) is 14.9. The molecule has 6 nitrogen and oxygen atoms in total. The van der Waals surface area contributed by atoms with Crippen molar-refractivity contribution in [3.8, 4) is 0 Å². The number of aliphatic hydroxyl groups excluding tert-OH is 1. The number of aryl methyl sites for hydroxylation is 1. The lowest BCUT2D eigenvalue weighted by molar-refractivity contribution is -0.153. The molecule has 250 valence electrons. The Morgan fingerprint density at radius 1 is 1.14 bits per heavy atom. The van der Waals surface area contributed by atoms with Gasteiger partial charge in [0.25, 0.3) is 0 Å². The molecule has 0 saturated carbocycles. The summed E-state index contributed by atoms with van der Waals surface area (Å²) in [7, 11) is -2.40. The Labute approximate surface area is 273 Å². The first-order valence-corrected chi connectivity index (χ1v) is 19.8. The van der Waals surface area contributed by atoms with Gasteiger partial charge >= 0.3 is 5.97 Å². The highest BCUT2D eigenvalue weighted by molar-refractivity contribution is 7.09. The largest absolute Gasteiger partial charge is 0.457 e. The van der Waals surface area contributed by atoms with Crippen LogP contribution in [0, 0.1) is 30.1 Å². The van der Waals surface area contributed by atoms with Crippen molar-refractivity contribution in [2.45, 2.75) is 138 Å². The first-order valence-electron chi connectivity index (χ1n) is 16.0. The summed E-state index contributed by atoms with van der Waals surface area (Å²) in [5.41, 5.74) is 1.76. The van der Waals surface area contributed by atoms with E-state index >= 15 is 0 Å². The van der Waals surface area contributed by atoms with Crippen LogP contribution in [0.5, 0.6) is 0 Å². The zero-order valence-electron chi connectivity index (χ0n) is 29.9. The number of Topliss-reactive ketones (excluding diaryl/α,β-unsaturated/α-hetero) is 1. The summed E-state index contributed by atoms with van der Waals surface area (Å²) in [5, 5.41) is 14.2. The van der Waals surface area contributed by atoms with Gasteiger partial charge in [-0.05, 0) is 75.2 Å². The third-order valence-electron chi connectivity index (χ3n) is 9.60. The van der Waals surface area contributed by atoms with Crippen LogP contribution in [0.1, 0.15) is 106 Å². The number of hydrogen-bond donors (Lipinski definition) is 1. The number of thiazole rings is 1. The smallest absolute Gasteiger partial charge is 0.309 e. The van der Waals surface area contributed by atoms with Crippen molar-refractivity contribution >= 4 is 37.5 Å². The molecule has 0 aliphatic rings. The molecule has 1 rings (SSSR count). The van der Waals surface area contributed by atoms with Crippen molar-refractivity contribution in [1.29, 1.82) is 0 Å². The molecule has 0 aliphatic carbocycles. The van der Waals surface area contributed by atoms with Gasteiger partial charge in [-0.25, -0.2) is 4.98 Å². The van der Waals surface area contributed by atoms with Crippen LogP contribution < -0.4 is 0 Å². The third kappa shape index (κ3) is 11.5. The molecule has 0 fully saturated rings. The second-order valence-electron chi connectivity index (χ2n) is 15.0. The summed E-state index contributed by atoms with van der Waals surface area (Å²) < 4.78 is 12.9. The van der Waals surface area contributed by atoms with Crippen molar-refractivity contribution in [3.05, 3.63) is 46.5 Å². The number of ether oxygens (including phenoxy) is 1. The number of nitrogens with zero attached hydrogens (tertiary/aromatic N) is 1. The lowest BCUT2D eigenvalue weighted by atomic mass is 9.71.